The van der Waals surface area contributed by atoms with Crippen LogP contribution >= 0.6 is 0 Å². The van der Waals surface area contributed by atoms with Crippen molar-refractivity contribution >= 4 is 16.9 Å². The Morgan fingerprint density at radius 2 is 1.94 bits per heavy atom. The van der Waals surface area contributed by atoms with E-state index in [-0.39, 0.29) is 0 Å². The average Bonchev–Trinajstić information content (AvgIpc) is 3.50. The molecule has 0 atom stereocenters. The molecule has 0 amide bonds. The Morgan fingerprint density at radius 3 is 2.74 bits per heavy atom. The first-order valence-corrected chi connectivity index (χ1v) is 11.6. The molecule has 0 saturated carbocycles. The van der Waals surface area contributed by atoms with E-state index in [1.807, 2.05) is 24.3 Å². The van der Waals surface area contributed by atoms with Gasteiger partial charge in [0.25, 0.3) is 0 Å². The van der Waals surface area contributed by atoms with Gasteiger partial charge in [0.15, 0.2) is 11.4 Å². The number of methoxy groups -OCH3 is 1. The summed E-state index contributed by atoms with van der Waals surface area (Å²) < 4.78 is 17.0. The molecule has 34 heavy (non-hydrogen) atoms. The molecule has 0 radical (unpaired) electrons. The van der Waals surface area contributed by atoms with Gasteiger partial charge in [0, 0.05) is 50.5 Å². The minimum Gasteiger partial charge on any atom is -0.454 e. The van der Waals surface area contributed by atoms with Crippen molar-refractivity contribution < 1.29 is 13.9 Å². The molecule has 0 spiro atoms. The van der Waals surface area contributed by atoms with Crippen LogP contribution in [0, 0.1) is 0 Å². The van der Waals surface area contributed by atoms with Crippen LogP contribution in [0.2, 0.25) is 0 Å². The first-order valence-electron chi connectivity index (χ1n) is 11.6. The van der Waals surface area contributed by atoms with Gasteiger partial charge in [-0.2, -0.15) is 5.10 Å². The van der Waals surface area contributed by atoms with Gasteiger partial charge in [0.1, 0.15) is 17.1 Å². The number of fused-ring (bicyclic) bond motifs is 1. The van der Waals surface area contributed by atoms with Gasteiger partial charge in [0.2, 0.25) is 0 Å². The lowest BCUT2D eigenvalue weighted by atomic mass is 10.1. The fourth-order valence-corrected chi connectivity index (χ4v) is 4.13. The van der Waals surface area contributed by atoms with Gasteiger partial charge in [0.05, 0.1) is 32.1 Å². The van der Waals surface area contributed by atoms with E-state index in [1.165, 1.54) is 0 Å². The number of likely N-dealkylation sites (N-methyl/N-ethyl adjacent to an activating group) is 1. The van der Waals surface area contributed by atoms with Crippen LogP contribution in [0.25, 0.3) is 22.4 Å². The van der Waals surface area contributed by atoms with Gasteiger partial charge < -0.3 is 18.8 Å². The SMILES string of the molecule is COCCN(C)Cc1cc2nc(Cc3cc(-c4ccccc4)n[nH]3)nc(N3CCOCC3)c2o1. The van der Waals surface area contributed by atoms with Gasteiger partial charge in [-0.15, -0.1) is 0 Å². The van der Waals surface area contributed by atoms with Crippen molar-refractivity contribution in [1.82, 2.24) is 25.1 Å². The molecule has 1 N–H and O–H groups in total. The molecular weight excluding hydrogens is 432 g/mol. The molecule has 9 heteroatoms. The number of aromatic amines is 1. The zero-order valence-electron chi connectivity index (χ0n) is 19.7. The second kappa shape index (κ2) is 10.3. The minimum atomic E-state index is 0.557. The van der Waals surface area contributed by atoms with E-state index in [1.54, 1.807) is 7.11 Å². The van der Waals surface area contributed by atoms with E-state index in [2.05, 4.69) is 45.2 Å². The van der Waals surface area contributed by atoms with E-state index in [4.69, 9.17) is 23.9 Å². The fourth-order valence-electron chi connectivity index (χ4n) is 4.13. The van der Waals surface area contributed by atoms with E-state index < -0.39 is 0 Å². The van der Waals surface area contributed by atoms with Gasteiger partial charge in [-0.25, -0.2) is 9.97 Å². The molecule has 5 rings (SSSR count). The second-order valence-corrected chi connectivity index (χ2v) is 8.54. The van der Waals surface area contributed by atoms with E-state index in [0.717, 1.165) is 65.1 Å². The van der Waals surface area contributed by atoms with Crippen molar-refractivity contribution in [2.45, 2.75) is 13.0 Å². The summed E-state index contributed by atoms with van der Waals surface area (Å²) in [4.78, 5) is 14.2. The zero-order chi connectivity index (χ0) is 23.3. The Bertz CT molecular complexity index is 1220. The number of anilines is 1. The van der Waals surface area contributed by atoms with Crippen LogP contribution in [0.3, 0.4) is 0 Å². The molecule has 4 heterocycles. The molecule has 4 aromatic rings. The van der Waals surface area contributed by atoms with Gasteiger partial charge >= 0.3 is 0 Å². The van der Waals surface area contributed by atoms with Gasteiger partial charge in [-0.3, -0.25) is 10.00 Å². The summed E-state index contributed by atoms with van der Waals surface area (Å²) in [5.41, 5.74) is 4.51. The number of H-pyrrole nitrogens is 1. The topological polar surface area (TPSA) is 92.5 Å². The molecule has 9 nitrogen and oxygen atoms in total. The molecule has 1 fully saturated rings. The summed E-state index contributed by atoms with van der Waals surface area (Å²) >= 11 is 0. The first-order chi connectivity index (χ1) is 16.7. The van der Waals surface area contributed by atoms with E-state index in [0.29, 0.717) is 32.8 Å². The van der Waals surface area contributed by atoms with Crippen molar-refractivity contribution in [3.8, 4) is 11.3 Å². The number of nitrogens with zero attached hydrogens (tertiary/aromatic N) is 5. The maximum atomic E-state index is 6.26. The summed E-state index contributed by atoms with van der Waals surface area (Å²) in [6.45, 7) is 5.08. The number of hydrogen-bond donors (Lipinski definition) is 1. The summed E-state index contributed by atoms with van der Waals surface area (Å²) in [5.74, 6) is 2.43. The highest BCUT2D eigenvalue weighted by Crippen LogP contribution is 2.29. The van der Waals surface area contributed by atoms with Crippen LogP contribution in [0.5, 0.6) is 0 Å². The molecule has 1 aliphatic rings. The van der Waals surface area contributed by atoms with Crippen molar-refractivity contribution in [3.05, 3.63) is 59.7 Å². The molecular formula is C25H30N6O3. The number of ether oxygens (including phenoxy) is 2. The van der Waals surface area contributed by atoms with Crippen LogP contribution in [0.1, 0.15) is 17.3 Å². The van der Waals surface area contributed by atoms with Gasteiger partial charge in [-0.05, 0) is 13.1 Å². The van der Waals surface area contributed by atoms with E-state index >= 15 is 0 Å². The highest BCUT2D eigenvalue weighted by Gasteiger charge is 2.21. The Hall–Kier alpha value is -3.27. The standard InChI is InChI=1S/C25H30N6O3/c1-30(8-11-32-2)17-20-16-22-24(34-20)25(31-9-12-33-13-10-31)27-23(26-22)15-19-14-21(29-28-19)18-6-4-3-5-7-18/h3-7,14,16H,8-13,15,17H2,1-2H3,(H,28,29). The predicted molar refractivity (Wildman–Crippen MR) is 130 cm³/mol. The third-order valence-electron chi connectivity index (χ3n) is 5.91. The number of nitrogens with one attached hydrogen (secondary N) is 1. The molecule has 0 bridgehead atoms. The van der Waals surface area contributed by atoms with Crippen LogP contribution in [-0.2, 0) is 22.4 Å². The van der Waals surface area contributed by atoms with Crippen LogP contribution in [0.15, 0.2) is 46.9 Å². The maximum absolute atomic E-state index is 6.26. The Balaban J connectivity index is 1.44. The van der Waals surface area contributed by atoms with Gasteiger partial charge in [-0.1, -0.05) is 30.3 Å². The summed E-state index contributed by atoms with van der Waals surface area (Å²) in [7, 11) is 3.76. The minimum absolute atomic E-state index is 0.557. The monoisotopic (exact) mass is 462 g/mol. The number of hydrogen-bond acceptors (Lipinski definition) is 8. The molecule has 0 unspecified atom stereocenters. The number of morpholine rings is 1. The quantitative estimate of drug-likeness (QED) is 0.406. The zero-order valence-corrected chi connectivity index (χ0v) is 19.7. The smallest absolute Gasteiger partial charge is 0.195 e. The normalized spacial score (nSPS) is 14.4. The van der Waals surface area contributed by atoms with Crippen LogP contribution in [-0.4, -0.2) is 78.7 Å². The number of furan rings is 1. The molecule has 0 aliphatic carbocycles. The lowest BCUT2D eigenvalue weighted by Gasteiger charge is -2.27. The molecule has 1 saturated heterocycles. The fraction of sp³-hybridized carbons (Fsp3) is 0.400. The number of rotatable bonds is 9. The number of aromatic nitrogens is 4. The molecule has 178 valence electrons. The highest BCUT2D eigenvalue weighted by molar-refractivity contribution is 5.84. The third kappa shape index (κ3) is 5.11. The van der Waals surface area contributed by atoms with Crippen molar-refractivity contribution in [2.75, 3.05) is 58.5 Å². The van der Waals surface area contributed by atoms with Crippen LogP contribution in [0.4, 0.5) is 5.82 Å². The first kappa shape index (κ1) is 22.5. The predicted octanol–water partition coefficient (Wildman–Crippen LogP) is 3.12. The number of benzene rings is 1. The third-order valence-corrected chi connectivity index (χ3v) is 5.91. The lowest BCUT2D eigenvalue weighted by Crippen LogP contribution is -2.37. The van der Waals surface area contributed by atoms with E-state index in [9.17, 15) is 0 Å². The lowest BCUT2D eigenvalue weighted by molar-refractivity contribution is 0.122. The summed E-state index contributed by atoms with van der Waals surface area (Å²) in [6, 6.07) is 14.2. The molecule has 3 aromatic heterocycles. The van der Waals surface area contributed by atoms with Crippen molar-refractivity contribution in [2.24, 2.45) is 0 Å². The Kier molecular flexibility index (Phi) is 6.84. The summed E-state index contributed by atoms with van der Waals surface area (Å²) in [6.07, 6.45) is 0.557. The molecule has 1 aromatic carbocycles. The Labute approximate surface area is 198 Å². The Morgan fingerprint density at radius 1 is 1.12 bits per heavy atom. The average molecular weight is 463 g/mol. The highest BCUT2D eigenvalue weighted by atomic mass is 16.5. The van der Waals surface area contributed by atoms with Crippen LogP contribution < -0.4 is 4.90 Å². The molecule has 1 aliphatic heterocycles. The second-order valence-electron chi connectivity index (χ2n) is 8.54. The van der Waals surface area contributed by atoms with Crippen molar-refractivity contribution in [3.63, 3.8) is 0 Å². The van der Waals surface area contributed by atoms with Crippen molar-refractivity contribution in [1.29, 1.82) is 0 Å². The maximum Gasteiger partial charge on any atom is 0.195 e. The summed E-state index contributed by atoms with van der Waals surface area (Å²) in [5, 5.41) is 7.62. The largest absolute Gasteiger partial charge is 0.454 e.